The van der Waals surface area contributed by atoms with Gasteiger partial charge in [0.2, 0.25) is 0 Å². The van der Waals surface area contributed by atoms with E-state index in [9.17, 15) is 14.4 Å². The Morgan fingerprint density at radius 2 is 1.66 bits per heavy atom. The Morgan fingerprint density at radius 3 is 2.28 bits per heavy atom. The summed E-state index contributed by atoms with van der Waals surface area (Å²) >= 11 is 0. The average Bonchev–Trinajstić information content (AvgIpc) is 3.01. The van der Waals surface area contributed by atoms with Crippen molar-refractivity contribution in [1.29, 1.82) is 0 Å². The van der Waals surface area contributed by atoms with E-state index in [4.69, 9.17) is 14.2 Å². The molecule has 32 heavy (non-hydrogen) atoms. The molecule has 0 aromatic heterocycles. The van der Waals surface area contributed by atoms with E-state index < -0.39 is 23.6 Å². The molecule has 2 bridgehead atoms. The first-order chi connectivity index (χ1) is 15.1. The maximum Gasteiger partial charge on any atom is 0.302 e. The first kappa shape index (κ1) is 24.5. The second-order valence-corrected chi connectivity index (χ2v) is 10.1. The lowest BCUT2D eigenvalue weighted by molar-refractivity contribution is -0.185. The van der Waals surface area contributed by atoms with Gasteiger partial charge in [0.15, 0.2) is 0 Å². The summed E-state index contributed by atoms with van der Waals surface area (Å²) in [6.07, 6.45) is 5.34. The Labute approximate surface area is 191 Å². The number of carbonyl (C=O) groups is 3. The van der Waals surface area contributed by atoms with E-state index in [-0.39, 0.29) is 30.4 Å². The van der Waals surface area contributed by atoms with Crippen LogP contribution < -0.4 is 0 Å². The molecule has 3 aliphatic carbocycles. The van der Waals surface area contributed by atoms with Gasteiger partial charge in [-0.15, -0.1) is 0 Å². The van der Waals surface area contributed by atoms with E-state index in [1.807, 2.05) is 0 Å². The Hall–Kier alpha value is -2.11. The van der Waals surface area contributed by atoms with E-state index in [1.165, 1.54) is 31.9 Å². The van der Waals surface area contributed by atoms with Crippen LogP contribution in [0.5, 0.6) is 0 Å². The predicted octanol–water partition coefficient (Wildman–Crippen LogP) is 4.91. The number of hydrogen-bond donors (Lipinski definition) is 0. The summed E-state index contributed by atoms with van der Waals surface area (Å²) in [5.74, 6) is -0.517. The highest BCUT2D eigenvalue weighted by atomic mass is 16.6. The monoisotopic (exact) mass is 446 g/mol. The number of allylic oxidation sites excluding steroid dienone is 2. The minimum absolute atomic E-state index is 0.0493. The van der Waals surface area contributed by atoms with Crippen molar-refractivity contribution in [3.63, 3.8) is 0 Å². The summed E-state index contributed by atoms with van der Waals surface area (Å²) in [4.78, 5) is 36.2. The molecule has 0 aromatic carbocycles. The van der Waals surface area contributed by atoms with E-state index in [1.54, 1.807) is 0 Å². The fraction of sp³-hybridized carbons (Fsp3) is 0.731. The zero-order chi connectivity index (χ0) is 23.6. The molecule has 0 aliphatic heterocycles. The number of hydrogen-bond acceptors (Lipinski definition) is 6. The third kappa shape index (κ3) is 4.79. The van der Waals surface area contributed by atoms with Crippen LogP contribution in [-0.2, 0) is 28.6 Å². The molecule has 6 heteroatoms. The molecular weight excluding hydrogens is 408 g/mol. The Morgan fingerprint density at radius 1 is 1.00 bits per heavy atom. The van der Waals surface area contributed by atoms with Crippen LogP contribution in [-0.4, -0.2) is 36.7 Å². The van der Waals surface area contributed by atoms with Gasteiger partial charge in [0.1, 0.15) is 18.8 Å². The van der Waals surface area contributed by atoms with Crippen LogP contribution in [0.25, 0.3) is 0 Å². The quantitative estimate of drug-likeness (QED) is 0.347. The summed E-state index contributed by atoms with van der Waals surface area (Å²) in [7, 11) is 0. The van der Waals surface area contributed by atoms with Crippen LogP contribution in [0.1, 0.15) is 79.6 Å². The van der Waals surface area contributed by atoms with Crippen molar-refractivity contribution in [1.82, 2.24) is 0 Å². The number of ether oxygens (including phenoxy) is 3. The van der Waals surface area contributed by atoms with Crippen LogP contribution >= 0.6 is 0 Å². The van der Waals surface area contributed by atoms with Crippen LogP contribution in [0.4, 0.5) is 0 Å². The minimum Gasteiger partial charge on any atom is -0.465 e. The fourth-order valence-corrected chi connectivity index (χ4v) is 6.41. The smallest absolute Gasteiger partial charge is 0.302 e. The van der Waals surface area contributed by atoms with Crippen LogP contribution in [0.2, 0.25) is 0 Å². The van der Waals surface area contributed by atoms with Gasteiger partial charge in [-0.1, -0.05) is 36.6 Å². The number of rotatable bonds is 4. The maximum absolute atomic E-state index is 12.2. The molecule has 6 nitrogen and oxygen atoms in total. The van der Waals surface area contributed by atoms with E-state index in [0.717, 1.165) is 37.7 Å². The van der Waals surface area contributed by atoms with Crippen molar-refractivity contribution in [3.05, 3.63) is 23.3 Å². The van der Waals surface area contributed by atoms with Gasteiger partial charge in [-0.05, 0) is 50.9 Å². The molecule has 1 fully saturated rings. The summed E-state index contributed by atoms with van der Waals surface area (Å²) in [5.41, 5.74) is 2.91. The van der Waals surface area contributed by atoms with Crippen molar-refractivity contribution in [2.24, 2.45) is 23.2 Å². The van der Waals surface area contributed by atoms with Gasteiger partial charge < -0.3 is 14.2 Å². The first-order valence-electron chi connectivity index (χ1n) is 11.9. The third-order valence-electron chi connectivity index (χ3n) is 7.90. The lowest BCUT2D eigenvalue weighted by Crippen LogP contribution is -2.55. The Balaban J connectivity index is 2.18. The molecule has 3 aliphatic rings. The molecule has 0 spiro atoms. The molecule has 0 aromatic rings. The molecular formula is C26H38O6. The zero-order valence-electron chi connectivity index (χ0n) is 20.2. The second-order valence-electron chi connectivity index (χ2n) is 10.1. The van der Waals surface area contributed by atoms with Gasteiger partial charge in [-0.25, -0.2) is 0 Å². The molecule has 1 saturated carbocycles. The van der Waals surface area contributed by atoms with Crippen molar-refractivity contribution in [2.75, 3.05) is 6.61 Å². The molecule has 0 amide bonds. The Kier molecular flexibility index (Phi) is 7.51. The summed E-state index contributed by atoms with van der Waals surface area (Å²) in [6.45, 7) is 13.1. The van der Waals surface area contributed by atoms with Crippen molar-refractivity contribution in [2.45, 2.75) is 91.8 Å². The second kappa shape index (κ2) is 9.80. The number of esters is 3. The molecule has 0 heterocycles. The average molecular weight is 447 g/mol. The Bertz CT molecular complexity index is 811. The third-order valence-corrected chi connectivity index (χ3v) is 7.90. The molecule has 6 atom stereocenters. The van der Waals surface area contributed by atoms with Crippen LogP contribution in [0.15, 0.2) is 23.3 Å². The molecule has 3 rings (SSSR count). The van der Waals surface area contributed by atoms with Gasteiger partial charge in [-0.3, -0.25) is 14.4 Å². The van der Waals surface area contributed by atoms with E-state index in [2.05, 4.69) is 20.4 Å². The van der Waals surface area contributed by atoms with Crippen molar-refractivity contribution < 1.29 is 28.6 Å². The highest BCUT2D eigenvalue weighted by Crippen LogP contribution is 2.61. The van der Waals surface area contributed by atoms with E-state index >= 15 is 0 Å². The van der Waals surface area contributed by atoms with Crippen LogP contribution in [0.3, 0.4) is 0 Å². The fourth-order valence-electron chi connectivity index (χ4n) is 6.41. The van der Waals surface area contributed by atoms with Gasteiger partial charge in [0.25, 0.3) is 0 Å². The summed E-state index contributed by atoms with van der Waals surface area (Å²) in [5, 5.41) is 0. The molecule has 178 valence electrons. The zero-order valence-corrected chi connectivity index (χ0v) is 20.2. The highest BCUT2D eigenvalue weighted by Gasteiger charge is 2.65. The predicted molar refractivity (Wildman–Crippen MR) is 120 cm³/mol. The topological polar surface area (TPSA) is 78.9 Å². The molecule has 1 unspecified atom stereocenters. The summed E-state index contributed by atoms with van der Waals surface area (Å²) in [6, 6.07) is 0. The van der Waals surface area contributed by atoms with Gasteiger partial charge in [0.05, 0.1) is 5.41 Å². The van der Waals surface area contributed by atoms with E-state index in [0.29, 0.717) is 18.8 Å². The minimum atomic E-state index is -0.816. The lowest BCUT2D eigenvalue weighted by atomic mass is 9.60. The standard InChI is InChI=1S/C26H38O6/c1-15-8-7-9-16(2)22-13-24(32-20(6)29)26(14-30-18(4)27)23(31-19(5)28)12-21(11-10-15)17(3)25(22)26/h15,22-25H,2,7-14H2,1,3-6H3/t15?,22-,23-,24+,25+,26-/m0/s1. The van der Waals surface area contributed by atoms with Crippen LogP contribution in [0, 0.1) is 23.2 Å². The first-order valence-corrected chi connectivity index (χ1v) is 11.9. The van der Waals surface area contributed by atoms with Crippen molar-refractivity contribution in [3.8, 4) is 0 Å². The molecule has 0 radical (unpaired) electrons. The number of carbonyl (C=O) groups excluding carboxylic acids is 3. The molecule has 0 N–H and O–H groups in total. The largest absolute Gasteiger partial charge is 0.465 e. The lowest BCUT2D eigenvalue weighted by Gasteiger charge is -2.49. The maximum atomic E-state index is 12.2. The normalized spacial score (nSPS) is 35.0. The SMILES string of the molecule is C=C1CCCC(C)CCC2=C(C)[C@@H]3[C@H]1C[C@@H](OC(C)=O)[C@]3(COC(C)=O)[C@@H](OC(C)=O)C2. The van der Waals surface area contributed by atoms with Gasteiger partial charge in [0, 0.05) is 33.1 Å². The van der Waals surface area contributed by atoms with Gasteiger partial charge >= 0.3 is 17.9 Å². The summed E-state index contributed by atoms with van der Waals surface area (Å²) < 4.78 is 17.4. The molecule has 0 saturated heterocycles. The van der Waals surface area contributed by atoms with Crippen molar-refractivity contribution >= 4 is 17.9 Å². The highest BCUT2D eigenvalue weighted by molar-refractivity contribution is 5.68. The van der Waals surface area contributed by atoms with Gasteiger partial charge in [-0.2, -0.15) is 0 Å².